The molecule has 0 fully saturated rings. The topological polar surface area (TPSA) is 46.2 Å². The van der Waals surface area contributed by atoms with Crippen molar-refractivity contribution >= 4 is 11.7 Å². The molecule has 0 bridgehead atoms. The molecule has 0 saturated heterocycles. The van der Waals surface area contributed by atoms with Crippen LogP contribution in [0, 0.1) is 0 Å². The van der Waals surface area contributed by atoms with Crippen molar-refractivity contribution in [3.8, 4) is 0 Å². The Bertz CT molecular complexity index is 154. The number of hydrogen-bond donors (Lipinski definition) is 1. The van der Waals surface area contributed by atoms with E-state index in [1.807, 2.05) is 6.92 Å². The number of amides is 1. The maximum absolute atomic E-state index is 10.9. The van der Waals surface area contributed by atoms with Crippen molar-refractivity contribution < 1.29 is 9.59 Å². The molecule has 0 spiro atoms. The van der Waals surface area contributed by atoms with Crippen LogP contribution in [0.2, 0.25) is 0 Å². The first kappa shape index (κ1) is 10.1. The van der Waals surface area contributed by atoms with E-state index in [1.165, 1.54) is 13.8 Å². The van der Waals surface area contributed by atoms with Crippen LogP contribution in [0.4, 0.5) is 0 Å². The van der Waals surface area contributed by atoms with Crippen molar-refractivity contribution in [2.75, 3.05) is 0 Å². The fraction of sp³-hybridized carbons (Fsp3) is 0.750. The fourth-order valence-electron chi connectivity index (χ4n) is 0.911. The van der Waals surface area contributed by atoms with E-state index in [0.29, 0.717) is 0 Å². The summed E-state index contributed by atoms with van der Waals surface area (Å²) in [5, 5.41) is 2.59. The summed E-state index contributed by atoms with van der Waals surface area (Å²) in [6.45, 7) is 4.90. The average Bonchev–Trinajstić information content (AvgIpc) is 1.86. The van der Waals surface area contributed by atoms with Crippen LogP contribution in [0.15, 0.2) is 0 Å². The average molecular weight is 157 g/mol. The van der Waals surface area contributed by atoms with Crippen molar-refractivity contribution in [3.05, 3.63) is 0 Å². The second-order valence-electron chi connectivity index (χ2n) is 2.65. The zero-order valence-electron chi connectivity index (χ0n) is 7.31. The van der Waals surface area contributed by atoms with Crippen LogP contribution < -0.4 is 5.32 Å². The monoisotopic (exact) mass is 157 g/mol. The molecule has 0 aliphatic carbocycles. The van der Waals surface area contributed by atoms with Gasteiger partial charge in [-0.1, -0.05) is 13.3 Å². The van der Waals surface area contributed by atoms with Gasteiger partial charge in [0.05, 0.1) is 6.04 Å². The first-order valence-electron chi connectivity index (χ1n) is 3.85. The van der Waals surface area contributed by atoms with Crippen molar-refractivity contribution in [1.82, 2.24) is 5.32 Å². The van der Waals surface area contributed by atoms with Crippen molar-refractivity contribution in [2.24, 2.45) is 0 Å². The fourth-order valence-corrected chi connectivity index (χ4v) is 0.911. The molecule has 0 unspecified atom stereocenters. The molecule has 3 nitrogen and oxygen atoms in total. The molecule has 1 N–H and O–H groups in total. The zero-order chi connectivity index (χ0) is 8.85. The van der Waals surface area contributed by atoms with Crippen LogP contribution >= 0.6 is 0 Å². The number of carbonyl (C=O) groups excluding carboxylic acids is 2. The summed E-state index contributed by atoms with van der Waals surface area (Å²) in [4.78, 5) is 21.4. The molecule has 1 amide bonds. The van der Waals surface area contributed by atoms with E-state index in [9.17, 15) is 9.59 Å². The number of carbonyl (C=O) groups is 2. The molecular formula is C8H15NO2. The zero-order valence-corrected chi connectivity index (χ0v) is 7.31. The van der Waals surface area contributed by atoms with Gasteiger partial charge < -0.3 is 5.32 Å². The van der Waals surface area contributed by atoms with Gasteiger partial charge in [0, 0.05) is 6.92 Å². The normalized spacial score (nSPS) is 12.3. The number of rotatable bonds is 4. The van der Waals surface area contributed by atoms with E-state index < -0.39 is 0 Å². The summed E-state index contributed by atoms with van der Waals surface area (Å²) in [5.41, 5.74) is 0. The van der Waals surface area contributed by atoms with Crippen molar-refractivity contribution in [1.29, 1.82) is 0 Å². The maximum Gasteiger partial charge on any atom is 0.217 e. The van der Waals surface area contributed by atoms with Gasteiger partial charge in [-0.25, -0.2) is 0 Å². The first-order chi connectivity index (χ1) is 5.07. The molecule has 0 saturated carbocycles. The van der Waals surface area contributed by atoms with Gasteiger partial charge >= 0.3 is 0 Å². The molecular weight excluding hydrogens is 142 g/mol. The number of hydrogen-bond acceptors (Lipinski definition) is 2. The highest BCUT2D eigenvalue weighted by Crippen LogP contribution is 1.97. The molecule has 0 heterocycles. The molecule has 11 heavy (non-hydrogen) atoms. The van der Waals surface area contributed by atoms with Gasteiger partial charge in [-0.05, 0) is 13.3 Å². The van der Waals surface area contributed by atoms with Crippen LogP contribution in [0.1, 0.15) is 33.6 Å². The Morgan fingerprint density at radius 1 is 1.36 bits per heavy atom. The Hall–Kier alpha value is -0.860. The minimum absolute atomic E-state index is 0.0297. The lowest BCUT2D eigenvalue weighted by atomic mass is 10.1. The van der Waals surface area contributed by atoms with Gasteiger partial charge in [0.15, 0.2) is 5.78 Å². The minimum Gasteiger partial charge on any atom is -0.347 e. The summed E-state index contributed by atoms with van der Waals surface area (Å²) in [5.74, 6) is -0.110. The summed E-state index contributed by atoms with van der Waals surface area (Å²) in [7, 11) is 0. The second kappa shape index (κ2) is 4.88. The largest absolute Gasteiger partial charge is 0.347 e. The maximum atomic E-state index is 10.9. The summed E-state index contributed by atoms with van der Waals surface area (Å²) < 4.78 is 0. The highest BCUT2D eigenvalue weighted by molar-refractivity contribution is 5.86. The molecule has 0 radical (unpaired) electrons. The highest BCUT2D eigenvalue weighted by atomic mass is 16.2. The molecule has 64 valence electrons. The van der Waals surface area contributed by atoms with Gasteiger partial charge in [0.2, 0.25) is 5.91 Å². The lowest BCUT2D eigenvalue weighted by Crippen LogP contribution is -2.38. The summed E-state index contributed by atoms with van der Waals surface area (Å²) in [6.07, 6.45) is 1.64. The van der Waals surface area contributed by atoms with Gasteiger partial charge in [-0.2, -0.15) is 0 Å². The van der Waals surface area contributed by atoms with Gasteiger partial charge in [-0.3, -0.25) is 9.59 Å². The molecule has 1 atom stereocenters. The molecule has 0 aliphatic heterocycles. The van der Waals surface area contributed by atoms with E-state index in [4.69, 9.17) is 0 Å². The van der Waals surface area contributed by atoms with Crippen LogP contribution in [-0.4, -0.2) is 17.7 Å². The quantitative estimate of drug-likeness (QED) is 0.658. The van der Waals surface area contributed by atoms with Gasteiger partial charge in [0.1, 0.15) is 0 Å². The van der Waals surface area contributed by atoms with Crippen LogP contribution in [0.25, 0.3) is 0 Å². The molecule has 0 aliphatic rings. The second-order valence-corrected chi connectivity index (χ2v) is 2.65. The lowest BCUT2D eigenvalue weighted by Gasteiger charge is -2.12. The Kier molecular flexibility index (Phi) is 4.50. The van der Waals surface area contributed by atoms with Gasteiger partial charge in [-0.15, -0.1) is 0 Å². The number of Topliss-reactive ketones (excluding diaryl/α,β-unsaturated/α-hetero) is 1. The number of nitrogens with one attached hydrogen (secondary N) is 1. The predicted octanol–water partition coefficient (Wildman–Crippen LogP) is 0.880. The molecule has 3 heteroatoms. The van der Waals surface area contributed by atoms with Gasteiger partial charge in [0.25, 0.3) is 0 Å². The Balaban J connectivity index is 3.89. The van der Waals surface area contributed by atoms with E-state index >= 15 is 0 Å². The third kappa shape index (κ3) is 4.53. The smallest absolute Gasteiger partial charge is 0.217 e. The van der Waals surface area contributed by atoms with E-state index in [2.05, 4.69) is 5.32 Å². The third-order valence-corrected chi connectivity index (χ3v) is 1.45. The van der Waals surface area contributed by atoms with E-state index in [-0.39, 0.29) is 17.7 Å². The Labute approximate surface area is 67.2 Å². The SMILES string of the molecule is CCC[C@@H](NC(C)=O)C(C)=O. The number of ketones is 1. The van der Waals surface area contributed by atoms with Crippen LogP contribution in [0.3, 0.4) is 0 Å². The molecule has 0 aromatic heterocycles. The van der Waals surface area contributed by atoms with E-state index in [1.54, 1.807) is 0 Å². The summed E-state index contributed by atoms with van der Waals surface area (Å²) in [6, 6.07) is -0.280. The third-order valence-electron chi connectivity index (χ3n) is 1.45. The molecule has 0 aromatic rings. The molecule has 0 rings (SSSR count). The van der Waals surface area contributed by atoms with Crippen LogP contribution in [0.5, 0.6) is 0 Å². The highest BCUT2D eigenvalue weighted by Gasteiger charge is 2.12. The van der Waals surface area contributed by atoms with Crippen molar-refractivity contribution in [2.45, 2.75) is 39.7 Å². The Morgan fingerprint density at radius 2 is 1.91 bits per heavy atom. The standard InChI is InChI=1S/C8H15NO2/c1-4-5-8(6(2)10)9-7(3)11/h8H,4-5H2,1-3H3,(H,9,11)/t8-/m1/s1. The lowest BCUT2D eigenvalue weighted by molar-refractivity contribution is -0.125. The first-order valence-corrected chi connectivity index (χ1v) is 3.85. The predicted molar refractivity (Wildman–Crippen MR) is 43.2 cm³/mol. The summed E-state index contributed by atoms with van der Waals surface area (Å²) >= 11 is 0. The van der Waals surface area contributed by atoms with E-state index in [0.717, 1.165) is 12.8 Å². The van der Waals surface area contributed by atoms with Crippen molar-refractivity contribution in [3.63, 3.8) is 0 Å². The molecule has 0 aromatic carbocycles. The Morgan fingerprint density at radius 3 is 2.18 bits per heavy atom. The minimum atomic E-state index is -0.280. The van der Waals surface area contributed by atoms with Crippen LogP contribution in [-0.2, 0) is 9.59 Å².